The van der Waals surface area contributed by atoms with Crippen molar-refractivity contribution in [2.75, 3.05) is 18.1 Å². The highest BCUT2D eigenvalue weighted by atomic mass is 35.5. The Labute approximate surface area is 200 Å². The van der Waals surface area contributed by atoms with Crippen molar-refractivity contribution in [3.8, 4) is 11.4 Å². The van der Waals surface area contributed by atoms with Crippen molar-refractivity contribution in [3.05, 3.63) is 76.8 Å². The number of rotatable bonds is 6. The van der Waals surface area contributed by atoms with Crippen LogP contribution in [-0.2, 0) is 0 Å². The number of ether oxygens (including phenoxy) is 1. The molecule has 33 heavy (non-hydrogen) atoms. The molecule has 9 heteroatoms. The first kappa shape index (κ1) is 21.6. The number of benzene rings is 2. The van der Waals surface area contributed by atoms with E-state index in [0.29, 0.717) is 27.9 Å². The fraction of sp³-hybridized carbons (Fsp3) is 0.208. The molecule has 1 fully saturated rings. The molecule has 0 aliphatic carbocycles. The minimum Gasteiger partial charge on any atom is -0.491 e. The summed E-state index contributed by atoms with van der Waals surface area (Å²) in [5.74, 6) is 0.328. The molecule has 0 unspecified atom stereocenters. The average molecular weight is 483 g/mol. The first-order valence-electron chi connectivity index (χ1n) is 10.5. The van der Waals surface area contributed by atoms with Gasteiger partial charge in [0.25, 0.3) is 0 Å². The van der Waals surface area contributed by atoms with Crippen LogP contribution in [0, 0.1) is 0 Å². The smallest absolute Gasteiger partial charge is 0.335 e. The van der Waals surface area contributed by atoms with Gasteiger partial charge in [-0.15, -0.1) is 0 Å². The maximum absolute atomic E-state index is 11.2. The molecule has 0 saturated carbocycles. The predicted octanol–water partition coefficient (Wildman–Crippen LogP) is 5.47. The maximum atomic E-state index is 11.2. The summed E-state index contributed by atoms with van der Waals surface area (Å²) in [6.07, 6.45) is 7.26. The van der Waals surface area contributed by atoms with Crippen molar-refractivity contribution in [2.24, 2.45) is 0 Å². The third-order valence-corrected chi connectivity index (χ3v) is 6.61. The molecule has 0 bridgehead atoms. The molecule has 5 rings (SSSR count). The van der Waals surface area contributed by atoms with Gasteiger partial charge < -0.3 is 19.3 Å². The number of hydrogen-bond donors (Lipinski definition) is 1. The standard InChI is InChI=1S/C24H20Cl2N4O3/c25-19-7-6-18-20(29-10-8-27-14-29)12-21(28-23(18)22(19)26)30-9-2-4-16(30)13-33-17-5-1-3-15(11-17)24(31)32/h1,3,5-8,10-12,14,16H,2,4,9,13H2,(H,31,32)/t16-/m0/s1. The molecule has 168 valence electrons. The highest BCUT2D eigenvalue weighted by molar-refractivity contribution is 6.45. The van der Waals surface area contributed by atoms with Crippen LogP contribution >= 0.6 is 23.2 Å². The number of carbonyl (C=O) groups is 1. The van der Waals surface area contributed by atoms with Crippen LogP contribution in [0.3, 0.4) is 0 Å². The van der Waals surface area contributed by atoms with Crippen LogP contribution in [0.4, 0.5) is 5.82 Å². The third kappa shape index (κ3) is 4.21. The highest BCUT2D eigenvalue weighted by Gasteiger charge is 2.28. The molecule has 3 heterocycles. The molecule has 0 amide bonds. The second kappa shape index (κ2) is 8.92. The van der Waals surface area contributed by atoms with Gasteiger partial charge >= 0.3 is 5.97 Å². The topological polar surface area (TPSA) is 80.5 Å². The second-order valence-corrected chi connectivity index (χ2v) is 8.65. The number of pyridine rings is 1. The van der Waals surface area contributed by atoms with E-state index in [9.17, 15) is 9.90 Å². The lowest BCUT2D eigenvalue weighted by molar-refractivity contribution is 0.0696. The Balaban J connectivity index is 1.48. The monoisotopic (exact) mass is 482 g/mol. The van der Waals surface area contributed by atoms with Gasteiger partial charge in [-0.05, 0) is 43.2 Å². The molecular formula is C24H20Cl2N4O3. The number of anilines is 1. The van der Waals surface area contributed by atoms with Gasteiger partial charge in [0, 0.05) is 30.4 Å². The summed E-state index contributed by atoms with van der Waals surface area (Å²) in [6.45, 7) is 1.23. The van der Waals surface area contributed by atoms with Crippen molar-refractivity contribution < 1.29 is 14.6 Å². The van der Waals surface area contributed by atoms with Gasteiger partial charge in [-0.25, -0.2) is 14.8 Å². The first-order chi connectivity index (χ1) is 16.0. The molecule has 1 saturated heterocycles. The highest BCUT2D eigenvalue weighted by Crippen LogP contribution is 2.36. The van der Waals surface area contributed by atoms with E-state index in [0.717, 1.165) is 36.3 Å². The van der Waals surface area contributed by atoms with Gasteiger partial charge in [0.2, 0.25) is 0 Å². The van der Waals surface area contributed by atoms with E-state index in [4.69, 9.17) is 32.9 Å². The Hall–Kier alpha value is -3.29. The number of imidazole rings is 1. The number of aromatic nitrogens is 3. The maximum Gasteiger partial charge on any atom is 0.335 e. The normalized spacial score (nSPS) is 15.8. The first-order valence-corrected chi connectivity index (χ1v) is 11.3. The molecule has 1 aliphatic rings. The molecule has 0 radical (unpaired) electrons. The zero-order valence-electron chi connectivity index (χ0n) is 17.5. The Morgan fingerprint density at radius 2 is 2.09 bits per heavy atom. The van der Waals surface area contributed by atoms with E-state index in [-0.39, 0.29) is 11.6 Å². The summed E-state index contributed by atoms with van der Waals surface area (Å²) in [5.41, 5.74) is 1.74. The van der Waals surface area contributed by atoms with Crippen LogP contribution < -0.4 is 9.64 Å². The molecule has 1 aliphatic heterocycles. The van der Waals surface area contributed by atoms with Gasteiger partial charge in [-0.2, -0.15) is 0 Å². The van der Waals surface area contributed by atoms with Crippen LogP contribution in [0.5, 0.6) is 5.75 Å². The van der Waals surface area contributed by atoms with E-state index in [1.807, 2.05) is 22.9 Å². The summed E-state index contributed by atoms with van der Waals surface area (Å²) in [4.78, 5) is 22.5. The zero-order chi connectivity index (χ0) is 22.9. The lowest BCUT2D eigenvalue weighted by Gasteiger charge is -2.27. The van der Waals surface area contributed by atoms with E-state index in [2.05, 4.69) is 9.88 Å². The quantitative estimate of drug-likeness (QED) is 0.392. The van der Waals surface area contributed by atoms with E-state index >= 15 is 0 Å². The number of hydrogen-bond acceptors (Lipinski definition) is 5. The van der Waals surface area contributed by atoms with Crippen LogP contribution in [0.15, 0.2) is 61.2 Å². The lowest BCUT2D eigenvalue weighted by Crippen LogP contribution is -2.35. The minimum absolute atomic E-state index is 0.0806. The molecule has 1 N–H and O–H groups in total. The Morgan fingerprint density at radius 3 is 2.88 bits per heavy atom. The van der Waals surface area contributed by atoms with E-state index in [1.54, 1.807) is 36.8 Å². The second-order valence-electron chi connectivity index (χ2n) is 7.86. The fourth-order valence-electron chi connectivity index (χ4n) is 4.19. The SMILES string of the molecule is O=C(O)c1cccc(OC[C@@H]2CCCN2c2cc(-n3ccnc3)c3ccc(Cl)c(Cl)c3n2)c1. The average Bonchev–Trinajstić information content (AvgIpc) is 3.52. The number of carboxylic acids is 1. The number of carboxylic acid groups (broad SMARTS) is 1. The van der Waals surface area contributed by atoms with Crippen molar-refractivity contribution in [1.82, 2.24) is 14.5 Å². The van der Waals surface area contributed by atoms with Crippen molar-refractivity contribution in [1.29, 1.82) is 0 Å². The van der Waals surface area contributed by atoms with Gasteiger partial charge in [-0.3, -0.25) is 0 Å². The Bertz CT molecular complexity index is 1330. The number of nitrogens with zero attached hydrogens (tertiary/aromatic N) is 4. The van der Waals surface area contributed by atoms with Gasteiger partial charge in [0.05, 0.1) is 39.2 Å². The van der Waals surface area contributed by atoms with Crippen LogP contribution in [-0.4, -0.2) is 44.8 Å². The molecule has 2 aromatic heterocycles. The van der Waals surface area contributed by atoms with Gasteiger partial charge in [0.1, 0.15) is 18.2 Å². The van der Waals surface area contributed by atoms with Gasteiger partial charge in [-0.1, -0.05) is 29.3 Å². The fourth-order valence-corrected chi connectivity index (χ4v) is 4.55. The van der Waals surface area contributed by atoms with Crippen LogP contribution in [0.25, 0.3) is 16.6 Å². The van der Waals surface area contributed by atoms with Crippen molar-refractivity contribution in [3.63, 3.8) is 0 Å². The van der Waals surface area contributed by atoms with Crippen molar-refractivity contribution >= 4 is 45.9 Å². The van der Waals surface area contributed by atoms with Gasteiger partial charge in [0.15, 0.2) is 0 Å². The minimum atomic E-state index is -0.981. The van der Waals surface area contributed by atoms with Crippen LogP contribution in [0.2, 0.25) is 10.0 Å². The van der Waals surface area contributed by atoms with E-state index in [1.165, 1.54) is 6.07 Å². The predicted molar refractivity (Wildman–Crippen MR) is 128 cm³/mol. The summed E-state index contributed by atoms with van der Waals surface area (Å²) in [5, 5.41) is 11.0. The lowest BCUT2D eigenvalue weighted by atomic mass is 10.1. The number of halogens is 2. The summed E-state index contributed by atoms with van der Waals surface area (Å²) >= 11 is 12.8. The van der Waals surface area contributed by atoms with Crippen LogP contribution in [0.1, 0.15) is 23.2 Å². The third-order valence-electron chi connectivity index (χ3n) is 5.81. The van der Waals surface area contributed by atoms with E-state index < -0.39 is 5.97 Å². The number of aromatic carboxylic acids is 1. The summed E-state index contributed by atoms with van der Waals surface area (Å²) < 4.78 is 7.90. The van der Waals surface area contributed by atoms with Crippen molar-refractivity contribution in [2.45, 2.75) is 18.9 Å². The Morgan fingerprint density at radius 1 is 1.21 bits per heavy atom. The molecular weight excluding hydrogens is 463 g/mol. The Kier molecular flexibility index (Phi) is 5.83. The molecule has 0 spiro atoms. The molecule has 1 atom stereocenters. The zero-order valence-corrected chi connectivity index (χ0v) is 19.0. The summed E-state index contributed by atoms with van der Waals surface area (Å²) in [6, 6.07) is 12.3. The number of fused-ring (bicyclic) bond motifs is 1. The molecule has 4 aromatic rings. The molecule has 7 nitrogen and oxygen atoms in total. The summed E-state index contributed by atoms with van der Waals surface area (Å²) in [7, 11) is 0. The molecule has 2 aromatic carbocycles. The largest absolute Gasteiger partial charge is 0.491 e.